The third-order valence-electron chi connectivity index (χ3n) is 4.05. The Balaban J connectivity index is 1.65. The van der Waals surface area contributed by atoms with Crippen LogP contribution in [-0.4, -0.2) is 4.98 Å². The van der Waals surface area contributed by atoms with E-state index in [1.54, 1.807) is 6.07 Å². The molecule has 1 aliphatic rings. The van der Waals surface area contributed by atoms with E-state index < -0.39 is 0 Å². The van der Waals surface area contributed by atoms with Gasteiger partial charge in [0.2, 0.25) is 0 Å². The summed E-state index contributed by atoms with van der Waals surface area (Å²) in [5, 5.41) is 3.48. The standard InChI is InChI=1S/C17H15FN2O/c1-10-19-16-9-11(5-8-17(16)21-10)20-15-7-6-12-13(15)3-2-4-14(12)18/h2-5,8-9,15,20H,6-7H2,1H3. The SMILES string of the molecule is Cc1nc2cc(NC3CCc4c(F)cccc43)ccc2o1. The number of hydrogen-bond acceptors (Lipinski definition) is 3. The van der Waals surface area contributed by atoms with Crippen LogP contribution in [-0.2, 0) is 6.42 Å². The van der Waals surface area contributed by atoms with Crippen molar-refractivity contribution >= 4 is 16.8 Å². The smallest absolute Gasteiger partial charge is 0.192 e. The minimum atomic E-state index is -0.0978. The molecule has 0 saturated carbocycles. The molecule has 0 saturated heterocycles. The van der Waals surface area contributed by atoms with Crippen LogP contribution in [0.4, 0.5) is 10.1 Å². The highest BCUT2D eigenvalue weighted by Crippen LogP contribution is 2.35. The molecular formula is C17H15FN2O. The highest BCUT2D eigenvalue weighted by molar-refractivity contribution is 5.77. The lowest BCUT2D eigenvalue weighted by Gasteiger charge is -2.15. The summed E-state index contributed by atoms with van der Waals surface area (Å²) in [5.41, 5.74) is 4.52. The van der Waals surface area contributed by atoms with Crippen molar-refractivity contribution in [2.75, 3.05) is 5.32 Å². The number of nitrogens with zero attached hydrogens (tertiary/aromatic N) is 1. The summed E-state index contributed by atoms with van der Waals surface area (Å²) in [6.45, 7) is 1.84. The second-order valence-electron chi connectivity index (χ2n) is 5.46. The molecule has 0 spiro atoms. The second kappa shape index (κ2) is 4.58. The topological polar surface area (TPSA) is 38.1 Å². The van der Waals surface area contributed by atoms with Crippen molar-refractivity contribution in [3.8, 4) is 0 Å². The first kappa shape index (κ1) is 12.4. The third-order valence-corrected chi connectivity index (χ3v) is 4.05. The average molecular weight is 282 g/mol. The molecule has 4 rings (SSSR count). The van der Waals surface area contributed by atoms with E-state index in [0.717, 1.165) is 40.8 Å². The minimum absolute atomic E-state index is 0.0978. The molecular weight excluding hydrogens is 267 g/mol. The van der Waals surface area contributed by atoms with Crippen LogP contribution in [0, 0.1) is 12.7 Å². The Labute approximate surface area is 121 Å². The summed E-state index contributed by atoms with van der Waals surface area (Å²) in [4.78, 5) is 4.34. The van der Waals surface area contributed by atoms with Crippen LogP contribution in [0.5, 0.6) is 0 Å². The first-order valence-electron chi connectivity index (χ1n) is 7.12. The molecule has 3 aromatic rings. The fraction of sp³-hybridized carbons (Fsp3) is 0.235. The molecule has 1 unspecified atom stereocenters. The summed E-state index contributed by atoms with van der Waals surface area (Å²) in [6.07, 6.45) is 1.69. The van der Waals surface area contributed by atoms with Gasteiger partial charge in [-0.05, 0) is 48.2 Å². The normalized spacial score (nSPS) is 17.1. The van der Waals surface area contributed by atoms with Gasteiger partial charge in [-0.25, -0.2) is 9.37 Å². The fourth-order valence-corrected chi connectivity index (χ4v) is 3.09. The fourth-order valence-electron chi connectivity index (χ4n) is 3.09. The van der Waals surface area contributed by atoms with Gasteiger partial charge in [0.1, 0.15) is 11.3 Å². The van der Waals surface area contributed by atoms with E-state index in [-0.39, 0.29) is 11.9 Å². The number of benzene rings is 2. The first-order chi connectivity index (χ1) is 10.2. The number of aryl methyl sites for hydroxylation is 1. The Kier molecular flexibility index (Phi) is 2.70. The molecule has 1 aliphatic carbocycles. The predicted octanol–water partition coefficient (Wildman–Crippen LogP) is 4.37. The van der Waals surface area contributed by atoms with Crippen molar-refractivity contribution in [1.29, 1.82) is 0 Å². The minimum Gasteiger partial charge on any atom is -0.441 e. The molecule has 0 radical (unpaired) electrons. The number of rotatable bonds is 2. The van der Waals surface area contributed by atoms with Gasteiger partial charge in [0.05, 0.1) is 6.04 Å². The first-order valence-corrected chi connectivity index (χ1v) is 7.12. The molecule has 0 amide bonds. The highest BCUT2D eigenvalue weighted by Gasteiger charge is 2.24. The van der Waals surface area contributed by atoms with E-state index in [9.17, 15) is 4.39 Å². The zero-order valence-corrected chi connectivity index (χ0v) is 11.7. The molecule has 2 aromatic carbocycles. The molecule has 0 aliphatic heterocycles. The number of hydrogen-bond donors (Lipinski definition) is 1. The average Bonchev–Trinajstić information content (AvgIpc) is 3.02. The maximum atomic E-state index is 13.8. The number of oxazole rings is 1. The largest absolute Gasteiger partial charge is 0.441 e. The summed E-state index contributed by atoms with van der Waals surface area (Å²) in [5.74, 6) is 0.565. The Bertz CT molecular complexity index is 825. The molecule has 0 fully saturated rings. The number of fused-ring (bicyclic) bond motifs is 2. The zero-order valence-electron chi connectivity index (χ0n) is 11.7. The zero-order chi connectivity index (χ0) is 14.4. The predicted molar refractivity (Wildman–Crippen MR) is 79.8 cm³/mol. The van der Waals surface area contributed by atoms with Gasteiger partial charge in [-0.2, -0.15) is 0 Å². The van der Waals surface area contributed by atoms with E-state index in [1.165, 1.54) is 6.07 Å². The number of nitrogens with one attached hydrogen (secondary N) is 1. The molecule has 1 aromatic heterocycles. The van der Waals surface area contributed by atoms with Crippen LogP contribution < -0.4 is 5.32 Å². The van der Waals surface area contributed by atoms with Gasteiger partial charge in [0.15, 0.2) is 11.5 Å². The van der Waals surface area contributed by atoms with E-state index in [4.69, 9.17) is 4.42 Å². The number of aromatic nitrogens is 1. The number of anilines is 1. The van der Waals surface area contributed by atoms with E-state index in [1.807, 2.05) is 31.2 Å². The van der Waals surface area contributed by atoms with E-state index >= 15 is 0 Å². The van der Waals surface area contributed by atoms with Gasteiger partial charge >= 0.3 is 0 Å². The van der Waals surface area contributed by atoms with E-state index in [2.05, 4.69) is 10.3 Å². The molecule has 4 heteroatoms. The van der Waals surface area contributed by atoms with E-state index in [0.29, 0.717) is 5.89 Å². The molecule has 3 nitrogen and oxygen atoms in total. The molecule has 0 bridgehead atoms. The Hall–Kier alpha value is -2.36. The van der Waals surface area contributed by atoms with Crippen LogP contribution >= 0.6 is 0 Å². The summed E-state index contributed by atoms with van der Waals surface area (Å²) in [7, 11) is 0. The van der Waals surface area contributed by atoms with Gasteiger partial charge in [-0.3, -0.25) is 0 Å². The summed E-state index contributed by atoms with van der Waals surface area (Å²) < 4.78 is 19.2. The van der Waals surface area contributed by atoms with Gasteiger partial charge in [-0.15, -0.1) is 0 Å². The monoisotopic (exact) mass is 282 g/mol. The number of halogens is 1. The van der Waals surface area contributed by atoms with Crippen molar-refractivity contribution in [3.63, 3.8) is 0 Å². The molecule has 1 N–H and O–H groups in total. The van der Waals surface area contributed by atoms with Crippen molar-refractivity contribution in [2.24, 2.45) is 0 Å². The van der Waals surface area contributed by atoms with Crippen molar-refractivity contribution in [3.05, 3.63) is 59.2 Å². The Morgan fingerprint density at radius 1 is 1.29 bits per heavy atom. The molecule has 1 atom stereocenters. The third kappa shape index (κ3) is 2.07. The summed E-state index contributed by atoms with van der Waals surface area (Å²) >= 11 is 0. The summed E-state index contributed by atoms with van der Waals surface area (Å²) in [6, 6.07) is 11.3. The van der Waals surface area contributed by atoms with Crippen LogP contribution in [0.2, 0.25) is 0 Å². The molecule has 106 valence electrons. The van der Waals surface area contributed by atoms with Crippen molar-refractivity contribution < 1.29 is 8.81 Å². The highest BCUT2D eigenvalue weighted by atomic mass is 19.1. The lowest BCUT2D eigenvalue weighted by molar-refractivity contribution is 0.561. The van der Waals surface area contributed by atoms with Crippen LogP contribution in [0.3, 0.4) is 0 Å². The maximum absolute atomic E-state index is 13.8. The maximum Gasteiger partial charge on any atom is 0.192 e. The quantitative estimate of drug-likeness (QED) is 0.758. The molecule has 21 heavy (non-hydrogen) atoms. The van der Waals surface area contributed by atoms with Gasteiger partial charge in [-0.1, -0.05) is 12.1 Å². The second-order valence-corrected chi connectivity index (χ2v) is 5.46. The van der Waals surface area contributed by atoms with Crippen LogP contribution in [0.15, 0.2) is 40.8 Å². The van der Waals surface area contributed by atoms with Crippen LogP contribution in [0.25, 0.3) is 11.1 Å². The van der Waals surface area contributed by atoms with Gasteiger partial charge in [0.25, 0.3) is 0 Å². The van der Waals surface area contributed by atoms with Crippen LogP contribution in [0.1, 0.15) is 29.5 Å². The van der Waals surface area contributed by atoms with Gasteiger partial charge in [0, 0.05) is 12.6 Å². The Morgan fingerprint density at radius 3 is 3.10 bits per heavy atom. The lowest BCUT2D eigenvalue weighted by atomic mass is 10.1. The Morgan fingerprint density at radius 2 is 2.19 bits per heavy atom. The van der Waals surface area contributed by atoms with Gasteiger partial charge < -0.3 is 9.73 Å². The van der Waals surface area contributed by atoms with Crippen molar-refractivity contribution in [1.82, 2.24) is 4.98 Å². The lowest BCUT2D eigenvalue weighted by Crippen LogP contribution is -2.07. The van der Waals surface area contributed by atoms with Crippen molar-refractivity contribution in [2.45, 2.75) is 25.8 Å². The molecule has 1 heterocycles.